The summed E-state index contributed by atoms with van der Waals surface area (Å²) in [5, 5.41) is 8.17. The molecular formula is C25H32FN5O. The van der Waals surface area contributed by atoms with Crippen LogP contribution < -0.4 is 10.6 Å². The van der Waals surface area contributed by atoms with Crippen LogP contribution in [0.25, 0.3) is 10.9 Å². The summed E-state index contributed by atoms with van der Waals surface area (Å²) < 4.78 is 19.0. The average Bonchev–Trinajstić information content (AvgIpc) is 3.24. The highest BCUT2D eigenvalue weighted by Crippen LogP contribution is 2.22. The van der Waals surface area contributed by atoms with Gasteiger partial charge in [-0.3, -0.25) is 9.89 Å². The molecule has 1 aliphatic heterocycles. The Morgan fingerprint density at radius 3 is 2.69 bits per heavy atom. The molecule has 3 N–H and O–H groups in total. The van der Waals surface area contributed by atoms with Crippen LogP contribution >= 0.6 is 0 Å². The maximum atomic E-state index is 13.5. The molecule has 0 radical (unpaired) electrons. The summed E-state index contributed by atoms with van der Waals surface area (Å²) in [6, 6.07) is 13.3. The second kappa shape index (κ2) is 10.6. The molecular weight excluding hydrogens is 405 g/mol. The van der Waals surface area contributed by atoms with Gasteiger partial charge in [0.05, 0.1) is 19.3 Å². The first-order valence-corrected chi connectivity index (χ1v) is 11.2. The Labute approximate surface area is 188 Å². The number of nitrogens with one attached hydrogen (secondary N) is 3. The Morgan fingerprint density at radius 1 is 1.16 bits per heavy atom. The molecule has 1 unspecified atom stereocenters. The number of H-pyrrole nitrogens is 1. The fraction of sp³-hybridized carbons (Fsp3) is 0.400. The van der Waals surface area contributed by atoms with Crippen LogP contribution in [0.15, 0.2) is 53.7 Å². The highest BCUT2D eigenvalue weighted by atomic mass is 19.1. The van der Waals surface area contributed by atoms with E-state index in [1.807, 2.05) is 12.1 Å². The van der Waals surface area contributed by atoms with Gasteiger partial charge in [-0.25, -0.2) is 4.39 Å². The quantitative estimate of drug-likeness (QED) is 0.392. The van der Waals surface area contributed by atoms with Crippen LogP contribution in [0.1, 0.15) is 22.7 Å². The molecule has 4 rings (SSSR count). The maximum Gasteiger partial charge on any atom is 0.191 e. The number of fused-ring (bicyclic) bond motifs is 1. The van der Waals surface area contributed by atoms with Crippen LogP contribution in [-0.2, 0) is 11.2 Å². The van der Waals surface area contributed by atoms with Crippen molar-refractivity contribution in [1.82, 2.24) is 20.5 Å². The van der Waals surface area contributed by atoms with E-state index >= 15 is 0 Å². The Bertz CT molecular complexity index is 1040. The summed E-state index contributed by atoms with van der Waals surface area (Å²) in [5.41, 5.74) is 4.85. The molecule has 1 aromatic heterocycles. The van der Waals surface area contributed by atoms with Gasteiger partial charge in [0.25, 0.3) is 0 Å². The highest BCUT2D eigenvalue weighted by molar-refractivity contribution is 5.86. The van der Waals surface area contributed by atoms with Gasteiger partial charge in [-0.1, -0.05) is 30.3 Å². The van der Waals surface area contributed by atoms with Gasteiger partial charge >= 0.3 is 0 Å². The zero-order chi connectivity index (χ0) is 22.3. The highest BCUT2D eigenvalue weighted by Gasteiger charge is 2.23. The number of rotatable bonds is 7. The van der Waals surface area contributed by atoms with Gasteiger partial charge in [-0.05, 0) is 42.2 Å². The van der Waals surface area contributed by atoms with E-state index in [2.05, 4.69) is 56.8 Å². The van der Waals surface area contributed by atoms with Gasteiger partial charge in [0.1, 0.15) is 5.82 Å². The van der Waals surface area contributed by atoms with Crippen molar-refractivity contribution >= 4 is 16.9 Å². The monoisotopic (exact) mass is 437 g/mol. The molecule has 1 fully saturated rings. The molecule has 3 aromatic rings. The van der Waals surface area contributed by atoms with Gasteiger partial charge in [0.2, 0.25) is 0 Å². The molecule has 0 spiro atoms. The normalized spacial score (nSPS) is 16.3. The van der Waals surface area contributed by atoms with E-state index < -0.39 is 0 Å². The van der Waals surface area contributed by atoms with E-state index in [1.54, 1.807) is 7.05 Å². The molecule has 0 amide bonds. The Balaban J connectivity index is 1.36. The van der Waals surface area contributed by atoms with Crippen LogP contribution in [0.5, 0.6) is 0 Å². The van der Waals surface area contributed by atoms with Gasteiger partial charge in [-0.2, -0.15) is 0 Å². The number of aryl methyl sites for hydroxylation is 1. The number of halogens is 1. The lowest BCUT2D eigenvalue weighted by atomic mass is 10.0. The van der Waals surface area contributed by atoms with Crippen LogP contribution in [0.3, 0.4) is 0 Å². The number of aliphatic imine (C=N–C) groups is 1. The number of benzene rings is 2. The van der Waals surface area contributed by atoms with E-state index in [4.69, 9.17) is 4.74 Å². The van der Waals surface area contributed by atoms with Crippen molar-refractivity contribution in [3.8, 4) is 0 Å². The zero-order valence-electron chi connectivity index (χ0n) is 18.8. The first kappa shape index (κ1) is 22.3. The van der Waals surface area contributed by atoms with Gasteiger partial charge in [0, 0.05) is 50.3 Å². The summed E-state index contributed by atoms with van der Waals surface area (Å²) in [5.74, 6) is 0.550. The summed E-state index contributed by atoms with van der Waals surface area (Å²) >= 11 is 0. The lowest BCUT2D eigenvalue weighted by molar-refractivity contribution is 0.0170. The summed E-state index contributed by atoms with van der Waals surface area (Å²) in [6.45, 7) is 6.73. The second-order valence-corrected chi connectivity index (χ2v) is 8.16. The van der Waals surface area contributed by atoms with Crippen molar-refractivity contribution in [2.24, 2.45) is 4.99 Å². The predicted octanol–water partition coefficient (Wildman–Crippen LogP) is 3.40. The molecule has 32 heavy (non-hydrogen) atoms. The molecule has 6 nitrogen and oxygen atoms in total. The first-order valence-electron chi connectivity index (χ1n) is 11.2. The van der Waals surface area contributed by atoms with E-state index in [0.29, 0.717) is 6.54 Å². The predicted molar refractivity (Wildman–Crippen MR) is 128 cm³/mol. The summed E-state index contributed by atoms with van der Waals surface area (Å²) in [6.07, 6.45) is 2.99. The molecule has 0 saturated carbocycles. The van der Waals surface area contributed by atoms with Gasteiger partial charge < -0.3 is 20.4 Å². The largest absolute Gasteiger partial charge is 0.379 e. The van der Waals surface area contributed by atoms with Crippen molar-refractivity contribution in [2.45, 2.75) is 19.4 Å². The fourth-order valence-electron chi connectivity index (χ4n) is 4.33. The summed E-state index contributed by atoms with van der Waals surface area (Å²) in [4.78, 5) is 10.2. The van der Waals surface area contributed by atoms with Crippen molar-refractivity contribution in [1.29, 1.82) is 0 Å². The number of aromatic nitrogens is 1. The third-order valence-corrected chi connectivity index (χ3v) is 6.12. The van der Waals surface area contributed by atoms with E-state index in [-0.39, 0.29) is 11.9 Å². The number of morpholine rings is 1. The Kier molecular flexibility index (Phi) is 7.39. The second-order valence-electron chi connectivity index (χ2n) is 8.16. The number of hydrogen-bond donors (Lipinski definition) is 3. The molecule has 2 heterocycles. The molecule has 170 valence electrons. The smallest absolute Gasteiger partial charge is 0.191 e. The lowest BCUT2D eigenvalue weighted by Crippen LogP contribution is -2.46. The molecule has 1 aliphatic rings. The topological polar surface area (TPSA) is 64.7 Å². The van der Waals surface area contributed by atoms with Gasteiger partial charge in [0.15, 0.2) is 5.96 Å². The average molecular weight is 438 g/mol. The van der Waals surface area contributed by atoms with Crippen LogP contribution in [0, 0.1) is 12.7 Å². The lowest BCUT2D eigenvalue weighted by Gasteiger charge is -2.35. The summed E-state index contributed by atoms with van der Waals surface area (Å²) in [7, 11) is 1.78. The van der Waals surface area contributed by atoms with E-state index in [9.17, 15) is 4.39 Å². The van der Waals surface area contributed by atoms with Crippen molar-refractivity contribution in [3.05, 3.63) is 71.2 Å². The van der Waals surface area contributed by atoms with Crippen LogP contribution in [-0.4, -0.2) is 62.3 Å². The van der Waals surface area contributed by atoms with Crippen molar-refractivity contribution in [3.63, 3.8) is 0 Å². The number of para-hydroxylation sites is 1. The SMILES string of the molecule is CN=C(NCCc1c[nH]c2c(C)cccc12)NCC(c1ccc(F)cc1)N1CCOCC1. The molecule has 0 aliphatic carbocycles. The Hall–Kier alpha value is -2.90. The standard InChI is InChI=1S/C25H32FN5O/c1-18-4-3-5-22-20(16-29-24(18)22)10-11-28-25(27-2)30-17-23(31-12-14-32-15-13-31)19-6-8-21(26)9-7-19/h3-9,16,23,29H,10-15,17H2,1-2H3,(H2,27,28,30). The van der Waals surface area contributed by atoms with Gasteiger partial charge in [-0.15, -0.1) is 0 Å². The number of guanidine groups is 1. The molecule has 2 aromatic carbocycles. The number of ether oxygens (including phenoxy) is 1. The Morgan fingerprint density at radius 2 is 1.94 bits per heavy atom. The van der Waals surface area contributed by atoms with E-state index in [1.165, 1.54) is 34.2 Å². The minimum Gasteiger partial charge on any atom is -0.379 e. The van der Waals surface area contributed by atoms with E-state index in [0.717, 1.165) is 50.8 Å². The molecule has 1 atom stereocenters. The maximum absolute atomic E-state index is 13.5. The first-order chi connectivity index (χ1) is 15.7. The third-order valence-electron chi connectivity index (χ3n) is 6.12. The van der Waals surface area contributed by atoms with Crippen LogP contribution in [0.4, 0.5) is 4.39 Å². The van der Waals surface area contributed by atoms with Crippen LogP contribution in [0.2, 0.25) is 0 Å². The van der Waals surface area contributed by atoms with Crippen molar-refractivity contribution < 1.29 is 9.13 Å². The fourth-order valence-corrected chi connectivity index (χ4v) is 4.33. The molecule has 0 bridgehead atoms. The molecule has 7 heteroatoms. The minimum atomic E-state index is -0.215. The number of hydrogen-bond acceptors (Lipinski definition) is 3. The van der Waals surface area contributed by atoms with Crippen molar-refractivity contribution in [2.75, 3.05) is 46.4 Å². The minimum absolute atomic E-state index is 0.120. The molecule has 1 saturated heterocycles. The zero-order valence-corrected chi connectivity index (χ0v) is 18.8. The third kappa shape index (κ3) is 5.29. The number of nitrogens with zero attached hydrogens (tertiary/aromatic N) is 2. The number of aromatic amines is 1.